The Labute approximate surface area is 201 Å². The number of aromatic nitrogens is 2. The number of anilines is 2. The lowest BCUT2D eigenvalue weighted by atomic mass is 10.1. The van der Waals surface area contributed by atoms with Gasteiger partial charge in [0, 0.05) is 43.7 Å². The lowest BCUT2D eigenvalue weighted by molar-refractivity contribution is -0.117. The molecule has 0 atom stereocenters. The molecule has 4 heterocycles. The molecule has 8 nitrogen and oxygen atoms in total. The van der Waals surface area contributed by atoms with Crippen LogP contribution in [-0.2, 0) is 16.0 Å². The van der Waals surface area contributed by atoms with E-state index in [2.05, 4.69) is 33.3 Å². The van der Waals surface area contributed by atoms with E-state index >= 15 is 0 Å². The Morgan fingerprint density at radius 2 is 1.91 bits per heavy atom. The average Bonchev–Trinajstić information content (AvgIpc) is 3.48. The first kappa shape index (κ1) is 21.5. The molecule has 2 aliphatic heterocycles. The number of likely N-dealkylation sites (tertiary alicyclic amines) is 1. The topological polar surface area (TPSA) is 87.7 Å². The van der Waals surface area contributed by atoms with Crippen molar-refractivity contribution in [2.45, 2.75) is 38.2 Å². The molecule has 1 saturated heterocycles. The predicted molar refractivity (Wildman–Crippen MR) is 132 cm³/mol. The van der Waals surface area contributed by atoms with Crippen molar-refractivity contribution in [3.05, 3.63) is 36.2 Å². The number of hydrogen-bond donors (Lipinski definition) is 1. The van der Waals surface area contributed by atoms with E-state index < -0.39 is 0 Å². The molecule has 0 spiro atoms. The van der Waals surface area contributed by atoms with E-state index in [1.807, 2.05) is 24.4 Å². The minimum absolute atomic E-state index is 0.0211. The van der Waals surface area contributed by atoms with Crippen LogP contribution in [0.3, 0.4) is 0 Å². The Morgan fingerprint density at radius 1 is 1.09 bits per heavy atom. The Hall–Kier alpha value is -3.04. The van der Waals surface area contributed by atoms with Gasteiger partial charge < -0.3 is 15.0 Å². The fourth-order valence-electron chi connectivity index (χ4n) is 4.61. The smallest absolute Gasteiger partial charge is 0.414 e. The van der Waals surface area contributed by atoms with Crippen molar-refractivity contribution in [3.63, 3.8) is 0 Å². The summed E-state index contributed by atoms with van der Waals surface area (Å²) in [5, 5.41) is 3.57. The monoisotopic (exact) mass is 477 g/mol. The second kappa shape index (κ2) is 8.63. The highest BCUT2D eigenvalue weighted by molar-refractivity contribution is 7.22. The summed E-state index contributed by atoms with van der Waals surface area (Å²) < 4.78 is 6.83. The zero-order valence-corrected chi connectivity index (χ0v) is 19.9. The highest BCUT2D eigenvalue weighted by atomic mass is 32.1. The van der Waals surface area contributed by atoms with Crippen LogP contribution in [0.15, 0.2) is 30.5 Å². The van der Waals surface area contributed by atoms with Gasteiger partial charge in [-0.25, -0.2) is 9.78 Å². The second-order valence-electron chi connectivity index (χ2n) is 9.44. The molecular weight excluding hydrogens is 450 g/mol. The first-order valence-corrected chi connectivity index (χ1v) is 12.7. The highest BCUT2D eigenvalue weighted by Gasteiger charge is 2.31. The van der Waals surface area contributed by atoms with Gasteiger partial charge >= 0.3 is 6.09 Å². The molecule has 3 aromatic rings. The molecule has 176 valence electrons. The highest BCUT2D eigenvalue weighted by Crippen LogP contribution is 2.36. The summed E-state index contributed by atoms with van der Waals surface area (Å²) in [5.41, 5.74) is 4.56. The quantitative estimate of drug-likeness (QED) is 0.603. The number of carbonyl (C=O) groups is 2. The van der Waals surface area contributed by atoms with E-state index in [1.54, 1.807) is 4.90 Å². The Kier molecular flexibility index (Phi) is 5.45. The maximum absolute atomic E-state index is 12.9. The summed E-state index contributed by atoms with van der Waals surface area (Å²) in [5.74, 6) is 0.212. The van der Waals surface area contributed by atoms with E-state index in [4.69, 9.17) is 4.74 Å². The zero-order chi connectivity index (χ0) is 23.2. The van der Waals surface area contributed by atoms with Crippen LogP contribution < -0.4 is 10.2 Å². The van der Waals surface area contributed by atoms with Crippen LogP contribution in [0, 0.1) is 5.92 Å². The summed E-state index contributed by atoms with van der Waals surface area (Å²) in [6.45, 7) is 2.49. The molecule has 9 heteroatoms. The van der Waals surface area contributed by atoms with Crippen LogP contribution in [0.5, 0.6) is 0 Å². The number of carbonyl (C=O) groups excluding carboxylic acids is 2. The maximum atomic E-state index is 12.9. The van der Waals surface area contributed by atoms with Crippen LogP contribution in [-0.4, -0.2) is 59.7 Å². The average molecular weight is 478 g/mol. The number of piperidine rings is 1. The summed E-state index contributed by atoms with van der Waals surface area (Å²) in [6, 6.07) is 8.07. The van der Waals surface area contributed by atoms with Crippen LogP contribution in [0.4, 0.5) is 15.6 Å². The third-order valence-corrected chi connectivity index (χ3v) is 7.80. The van der Waals surface area contributed by atoms with Gasteiger partial charge in [-0.05, 0) is 56.5 Å². The predicted octanol–water partition coefficient (Wildman–Crippen LogP) is 4.30. The van der Waals surface area contributed by atoms with E-state index in [0.717, 1.165) is 77.9 Å². The molecule has 34 heavy (non-hydrogen) atoms. The van der Waals surface area contributed by atoms with Crippen molar-refractivity contribution in [2.24, 2.45) is 5.92 Å². The molecule has 1 saturated carbocycles. The van der Waals surface area contributed by atoms with Gasteiger partial charge in [0.15, 0.2) is 5.13 Å². The van der Waals surface area contributed by atoms with Crippen LogP contribution in [0.2, 0.25) is 0 Å². The number of amides is 2. The van der Waals surface area contributed by atoms with E-state index in [-0.39, 0.29) is 24.0 Å². The van der Waals surface area contributed by atoms with E-state index in [0.29, 0.717) is 11.7 Å². The molecular formula is C25H27N5O3S. The van der Waals surface area contributed by atoms with Crippen molar-refractivity contribution in [1.29, 1.82) is 0 Å². The van der Waals surface area contributed by atoms with E-state index in [1.165, 1.54) is 11.3 Å². The number of hydrogen-bond acceptors (Lipinski definition) is 7. The van der Waals surface area contributed by atoms with Gasteiger partial charge in [-0.15, -0.1) is 0 Å². The van der Waals surface area contributed by atoms with E-state index in [9.17, 15) is 9.59 Å². The lowest BCUT2D eigenvalue weighted by Gasteiger charge is -2.30. The first-order chi connectivity index (χ1) is 16.5. The van der Waals surface area contributed by atoms with Crippen LogP contribution in [0.1, 0.15) is 31.4 Å². The normalized spacial score (nSPS) is 18.8. The minimum atomic E-state index is -0.277. The lowest BCUT2D eigenvalue weighted by Crippen LogP contribution is -2.39. The standard InChI is InChI=1S/C25H27N5O3S/c1-29-9-6-18(7-10-29)33-25(32)30-11-8-19-21(30)12-17(14-26-19)16-4-5-20-22(13-16)34-24(27-20)28-23(31)15-2-3-15/h4-5,12-15,18H,2-3,6-11H2,1H3,(H,27,28,31). The maximum Gasteiger partial charge on any atom is 0.414 e. The van der Waals surface area contributed by atoms with Crippen molar-refractivity contribution in [2.75, 3.05) is 36.9 Å². The number of benzene rings is 1. The Morgan fingerprint density at radius 3 is 2.71 bits per heavy atom. The van der Waals surface area contributed by atoms with Gasteiger partial charge in [-0.2, -0.15) is 0 Å². The summed E-state index contributed by atoms with van der Waals surface area (Å²) >= 11 is 1.48. The molecule has 2 aromatic heterocycles. The fourth-order valence-corrected chi connectivity index (χ4v) is 5.52. The number of rotatable bonds is 4. The van der Waals surface area contributed by atoms with Gasteiger partial charge in [0.2, 0.25) is 5.91 Å². The number of thiazole rings is 1. The van der Waals surface area contributed by atoms with Crippen molar-refractivity contribution in [1.82, 2.24) is 14.9 Å². The second-order valence-corrected chi connectivity index (χ2v) is 10.5. The first-order valence-electron chi connectivity index (χ1n) is 11.9. The minimum Gasteiger partial charge on any atom is -0.446 e. The summed E-state index contributed by atoms with van der Waals surface area (Å²) in [7, 11) is 2.09. The van der Waals surface area contributed by atoms with Gasteiger partial charge in [0.1, 0.15) is 6.10 Å². The molecule has 1 aliphatic carbocycles. The van der Waals surface area contributed by atoms with Gasteiger partial charge in [-0.3, -0.25) is 14.7 Å². The Bertz CT molecular complexity index is 1260. The summed E-state index contributed by atoms with van der Waals surface area (Å²) in [4.78, 5) is 38.2. The molecule has 1 N–H and O–H groups in total. The molecule has 0 bridgehead atoms. The number of fused-ring (bicyclic) bond motifs is 2. The van der Waals surface area contributed by atoms with Crippen molar-refractivity contribution < 1.29 is 14.3 Å². The van der Waals surface area contributed by atoms with Crippen LogP contribution >= 0.6 is 11.3 Å². The number of pyridine rings is 1. The zero-order valence-electron chi connectivity index (χ0n) is 19.1. The fraction of sp³-hybridized carbons (Fsp3) is 0.440. The number of nitrogens with one attached hydrogen (secondary N) is 1. The summed E-state index contributed by atoms with van der Waals surface area (Å²) in [6.07, 6.45) is 5.98. The van der Waals surface area contributed by atoms with Crippen molar-refractivity contribution in [3.8, 4) is 11.1 Å². The molecule has 2 fully saturated rings. The Balaban J connectivity index is 1.21. The molecule has 0 unspecified atom stereocenters. The van der Waals surface area contributed by atoms with Gasteiger partial charge in [-0.1, -0.05) is 17.4 Å². The van der Waals surface area contributed by atoms with Crippen LogP contribution in [0.25, 0.3) is 21.3 Å². The van der Waals surface area contributed by atoms with Gasteiger partial charge in [0.25, 0.3) is 0 Å². The molecule has 3 aliphatic rings. The largest absolute Gasteiger partial charge is 0.446 e. The molecule has 2 amide bonds. The van der Waals surface area contributed by atoms with Gasteiger partial charge in [0.05, 0.1) is 21.6 Å². The molecule has 0 radical (unpaired) electrons. The van der Waals surface area contributed by atoms with Crippen molar-refractivity contribution >= 4 is 44.4 Å². The number of nitrogens with zero attached hydrogens (tertiary/aromatic N) is 4. The SMILES string of the molecule is CN1CCC(OC(=O)N2CCc3ncc(-c4ccc5nc(NC(=O)C6CC6)sc5c4)cc32)CC1. The third-order valence-electron chi connectivity index (χ3n) is 6.86. The third kappa shape index (κ3) is 4.25. The number of ether oxygens (including phenoxy) is 1. The molecule has 1 aromatic carbocycles. The molecule has 6 rings (SSSR count).